The standard InChI is InChI=1S/C10H14ClNS/c1-10(2,3)7-13-9-6-8(11)4-5-12-9/h4-6H,7H2,1-3H3. The molecule has 0 aliphatic rings. The monoisotopic (exact) mass is 215 g/mol. The summed E-state index contributed by atoms with van der Waals surface area (Å²) in [5.41, 5.74) is 0.328. The second kappa shape index (κ2) is 4.34. The van der Waals surface area contributed by atoms with E-state index in [1.807, 2.05) is 6.07 Å². The molecule has 0 unspecified atom stereocenters. The van der Waals surface area contributed by atoms with E-state index >= 15 is 0 Å². The lowest BCUT2D eigenvalue weighted by atomic mass is 10.0. The maximum absolute atomic E-state index is 5.84. The summed E-state index contributed by atoms with van der Waals surface area (Å²) in [5.74, 6) is 1.06. The Kier molecular flexibility index (Phi) is 3.63. The van der Waals surface area contributed by atoms with Crippen LogP contribution in [0.25, 0.3) is 0 Å². The molecule has 0 bridgehead atoms. The Hall–Kier alpha value is -0.210. The molecule has 0 fully saturated rings. The van der Waals surface area contributed by atoms with Crippen molar-refractivity contribution in [2.24, 2.45) is 5.41 Å². The zero-order chi connectivity index (χ0) is 9.90. The van der Waals surface area contributed by atoms with Gasteiger partial charge in [-0.05, 0) is 17.5 Å². The van der Waals surface area contributed by atoms with Crippen LogP contribution in [0.2, 0.25) is 5.02 Å². The minimum atomic E-state index is 0.328. The third kappa shape index (κ3) is 4.53. The molecule has 0 saturated carbocycles. The summed E-state index contributed by atoms with van der Waals surface area (Å²) in [4.78, 5) is 4.22. The molecule has 1 heterocycles. The summed E-state index contributed by atoms with van der Waals surface area (Å²) in [6.07, 6.45) is 1.74. The van der Waals surface area contributed by atoms with Gasteiger partial charge in [-0.2, -0.15) is 0 Å². The fraction of sp³-hybridized carbons (Fsp3) is 0.500. The van der Waals surface area contributed by atoms with Crippen LogP contribution in [0, 0.1) is 5.41 Å². The van der Waals surface area contributed by atoms with Crippen LogP contribution >= 0.6 is 23.4 Å². The number of rotatable bonds is 2. The maximum Gasteiger partial charge on any atom is 0.0974 e. The molecule has 0 radical (unpaired) electrons. The molecule has 13 heavy (non-hydrogen) atoms. The smallest absolute Gasteiger partial charge is 0.0974 e. The Labute approximate surface area is 88.9 Å². The van der Waals surface area contributed by atoms with E-state index in [-0.39, 0.29) is 0 Å². The first kappa shape index (κ1) is 10.9. The van der Waals surface area contributed by atoms with E-state index in [2.05, 4.69) is 25.8 Å². The zero-order valence-electron chi connectivity index (χ0n) is 8.17. The largest absolute Gasteiger partial charge is 0.250 e. The Morgan fingerprint density at radius 3 is 2.69 bits per heavy atom. The minimum absolute atomic E-state index is 0.328. The zero-order valence-corrected chi connectivity index (χ0v) is 9.75. The highest BCUT2D eigenvalue weighted by Gasteiger charge is 2.10. The van der Waals surface area contributed by atoms with Crippen LogP contribution in [0.15, 0.2) is 23.4 Å². The lowest BCUT2D eigenvalue weighted by Gasteiger charge is -2.16. The van der Waals surface area contributed by atoms with Gasteiger partial charge in [-0.15, -0.1) is 11.8 Å². The van der Waals surface area contributed by atoms with Crippen LogP contribution < -0.4 is 0 Å². The highest BCUT2D eigenvalue weighted by atomic mass is 35.5. The Balaban J connectivity index is 2.55. The topological polar surface area (TPSA) is 12.9 Å². The third-order valence-corrected chi connectivity index (χ3v) is 3.11. The van der Waals surface area contributed by atoms with E-state index in [1.54, 1.807) is 24.0 Å². The average Bonchev–Trinajstić information content (AvgIpc) is 2.00. The molecule has 0 atom stereocenters. The molecule has 0 N–H and O–H groups in total. The van der Waals surface area contributed by atoms with Crippen LogP contribution in [-0.2, 0) is 0 Å². The van der Waals surface area contributed by atoms with E-state index in [9.17, 15) is 0 Å². The van der Waals surface area contributed by atoms with Crippen molar-refractivity contribution in [3.05, 3.63) is 23.4 Å². The summed E-state index contributed by atoms with van der Waals surface area (Å²) in [6, 6.07) is 3.70. The van der Waals surface area contributed by atoms with E-state index in [4.69, 9.17) is 11.6 Å². The predicted octanol–water partition coefficient (Wildman–Crippen LogP) is 3.87. The second-order valence-electron chi connectivity index (χ2n) is 4.16. The fourth-order valence-electron chi connectivity index (χ4n) is 0.755. The maximum atomic E-state index is 5.84. The van der Waals surface area contributed by atoms with Gasteiger partial charge in [0.05, 0.1) is 5.03 Å². The van der Waals surface area contributed by atoms with E-state index < -0.39 is 0 Å². The average molecular weight is 216 g/mol. The molecule has 0 amide bonds. The number of pyridine rings is 1. The van der Waals surface area contributed by atoms with Crippen molar-refractivity contribution in [3.8, 4) is 0 Å². The molecular weight excluding hydrogens is 202 g/mol. The van der Waals surface area contributed by atoms with Crippen LogP contribution in [-0.4, -0.2) is 10.7 Å². The van der Waals surface area contributed by atoms with Gasteiger partial charge in [0.25, 0.3) is 0 Å². The van der Waals surface area contributed by atoms with Gasteiger partial charge in [-0.1, -0.05) is 32.4 Å². The normalized spacial score (nSPS) is 11.7. The Morgan fingerprint density at radius 2 is 2.15 bits per heavy atom. The highest BCUT2D eigenvalue weighted by Crippen LogP contribution is 2.26. The molecule has 1 rings (SSSR count). The van der Waals surface area contributed by atoms with Crippen LogP contribution in [0.3, 0.4) is 0 Å². The molecule has 1 nitrogen and oxygen atoms in total. The molecule has 3 heteroatoms. The van der Waals surface area contributed by atoms with Crippen LogP contribution in [0.5, 0.6) is 0 Å². The summed E-state index contributed by atoms with van der Waals surface area (Å²) in [5, 5.41) is 1.76. The molecule has 1 aromatic rings. The summed E-state index contributed by atoms with van der Waals surface area (Å²) >= 11 is 7.59. The van der Waals surface area contributed by atoms with Crippen molar-refractivity contribution in [1.29, 1.82) is 0 Å². The second-order valence-corrected chi connectivity index (χ2v) is 5.59. The first-order valence-electron chi connectivity index (χ1n) is 4.22. The molecule has 1 aromatic heterocycles. The van der Waals surface area contributed by atoms with Crippen LogP contribution in [0.4, 0.5) is 0 Å². The van der Waals surface area contributed by atoms with E-state index in [0.717, 1.165) is 15.8 Å². The van der Waals surface area contributed by atoms with Gasteiger partial charge >= 0.3 is 0 Å². The Bertz CT molecular complexity index is 280. The fourth-order valence-corrected chi connectivity index (χ4v) is 1.91. The van der Waals surface area contributed by atoms with E-state index in [1.165, 1.54) is 0 Å². The quantitative estimate of drug-likeness (QED) is 0.695. The molecule has 0 aliphatic carbocycles. The molecule has 0 aromatic carbocycles. The highest BCUT2D eigenvalue weighted by molar-refractivity contribution is 7.99. The number of hydrogen-bond donors (Lipinski definition) is 0. The summed E-state index contributed by atoms with van der Waals surface area (Å²) < 4.78 is 0. The van der Waals surface area contributed by atoms with Crippen molar-refractivity contribution in [1.82, 2.24) is 4.98 Å². The van der Waals surface area contributed by atoms with Crippen LogP contribution in [0.1, 0.15) is 20.8 Å². The van der Waals surface area contributed by atoms with Gasteiger partial charge in [0.2, 0.25) is 0 Å². The lowest BCUT2D eigenvalue weighted by Crippen LogP contribution is -2.08. The SMILES string of the molecule is CC(C)(C)CSc1cc(Cl)ccn1. The number of halogens is 1. The number of aromatic nitrogens is 1. The minimum Gasteiger partial charge on any atom is -0.250 e. The van der Waals surface area contributed by atoms with Gasteiger partial charge in [-0.25, -0.2) is 4.98 Å². The lowest BCUT2D eigenvalue weighted by molar-refractivity contribution is 0.480. The first-order chi connectivity index (χ1) is 5.97. The summed E-state index contributed by atoms with van der Waals surface area (Å²) in [6.45, 7) is 6.64. The molecular formula is C10H14ClNS. The number of hydrogen-bond acceptors (Lipinski definition) is 2. The van der Waals surface area contributed by atoms with Gasteiger partial charge in [0.15, 0.2) is 0 Å². The van der Waals surface area contributed by atoms with E-state index in [0.29, 0.717) is 5.41 Å². The van der Waals surface area contributed by atoms with Crippen molar-refractivity contribution < 1.29 is 0 Å². The van der Waals surface area contributed by atoms with Crippen molar-refractivity contribution >= 4 is 23.4 Å². The number of thioether (sulfide) groups is 1. The van der Waals surface area contributed by atoms with Gasteiger partial charge in [-0.3, -0.25) is 0 Å². The Morgan fingerprint density at radius 1 is 1.46 bits per heavy atom. The van der Waals surface area contributed by atoms with Gasteiger partial charge in [0.1, 0.15) is 0 Å². The molecule has 72 valence electrons. The summed E-state index contributed by atoms with van der Waals surface area (Å²) in [7, 11) is 0. The molecule has 0 aliphatic heterocycles. The van der Waals surface area contributed by atoms with Crippen molar-refractivity contribution in [2.45, 2.75) is 25.8 Å². The predicted molar refractivity (Wildman–Crippen MR) is 59.4 cm³/mol. The number of nitrogens with zero attached hydrogens (tertiary/aromatic N) is 1. The van der Waals surface area contributed by atoms with Gasteiger partial charge in [0, 0.05) is 17.0 Å². The van der Waals surface area contributed by atoms with Gasteiger partial charge < -0.3 is 0 Å². The molecule has 0 spiro atoms. The molecule has 0 saturated heterocycles. The van der Waals surface area contributed by atoms with Crippen molar-refractivity contribution in [3.63, 3.8) is 0 Å². The third-order valence-electron chi connectivity index (χ3n) is 1.35. The first-order valence-corrected chi connectivity index (χ1v) is 5.58. The van der Waals surface area contributed by atoms with Crippen molar-refractivity contribution in [2.75, 3.05) is 5.75 Å².